The van der Waals surface area contributed by atoms with Gasteiger partial charge in [-0.15, -0.1) is 0 Å². The molecule has 0 fully saturated rings. The van der Waals surface area contributed by atoms with Crippen LogP contribution in [0.3, 0.4) is 0 Å². The van der Waals surface area contributed by atoms with Crippen molar-refractivity contribution in [2.24, 2.45) is 5.84 Å². The zero-order valence-electron chi connectivity index (χ0n) is 9.56. The summed E-state index contributed by atoms with van der Waals surface area (Å²) < 4.78 is 7.13. The van der Waals surface area contributed by atoms with Crippen LogP contribution in [-0.2, 0) is 6.54 Å². The third-order valence-electron chi connectivity index (χ3n) is 2.59. The van der Waals surface area contributed by atoms with Crippen LogP contribution in [0.15, 0.2) is 29.1 Å². The summed E-state index contributed by atoms with van der Waals surface area (Å²) in [7, 11) is 0. The minimum Gasteiger partial charge on any atom is -0.453 e. The Balaban J connectivity index is 2.35. The van der Waals surface area contributed by atoms with Crippen molar-refractivity contribution in [2.75, 3.05) is 0 Å². The second-order valence-electron chi connectivity index (χ2n) is 3.73. The van der Waals surface area contributed by atoms with Crippen molar-refractivity contribution in [3.05, 3.63) is 41.3 Å². The van der Waals surface area contributed by atoms with E-state index in [2.05, 4.69) is 17.3 Å². The molecule has 3 N–H and O–H groups in total. The molecule has 2 heterocycles. The van der Waals surface area contributed by atoms with Crippen molar-refractivity contribution in [2.45, 2.75) is 25.9 Å². The highest BCUT2D eigenvalue weighted by Gasteiger charge is 2.21. The van der Waals surface area contributed by atoms with E-state index in [4.69, 9.17) is 21.9 Å². The first-order chi connectivity index (χ1) is 8.27. The minimum atomic E-state index is -0.261. The summed E-state index contributed by atoms with van der Waals surface area (Å²) in [6.07, 6.45) is 6.25. The van der Waals surface area contributed by atoms with Gasteiger partial charge in [0.05, 0.1) is 6.26 Å². The van der Waals surface area contributed by atoms with Crippen LogP contribution in [0.1, 0.15) is 30.8 Å². The maximum Gasteiger partial charge on any atom is 0.198 e. The number of nitrogens with two attached hydrogens (primary N) is 1. The van der Waals surface area contributed by atoms with Crippen LogP contribution >= 0.6 is 11.6 Å². The summed E-state index contributed by atoms with van der Waals surface area (Å²) in [5.74, 6) is 6.42. The Morgan fingerprint density at radius 3 is 3.06 bits per heavy atom. The van der Waals surface area contributed by atoms with Gasteiger partial charge in [-0.05, 0) is 24.1 Å². The summed E-state index contributed by atoms with van der Waals surface area (Å²) in [5, 5.41) is 0.332. The second kappa shape index (κ2) is 5.35. The number of nitrogens with one attached hydrogen (secondary N) is 1. The maximum atomic E-state index is 5.96. The van der Waals surface area contributed by atoms with Crippen molar-refractivity contribution in [3.63, 3.8) is 0 Å². The molecule has 0 aliphatic rings. The molecule has 2 aromatic rings. The Morgan fingerprint density at radius 1 is 1.65 bits per heavy atom. The Morgan fingerprint density at radius 2 is 2.47 bits per heavy atom. The van der Waals surface area contributed by atoms with Crippen LogP contribution in [-0.4, -0.2) is 9.55 Å². The molecule has 2 rings (SSSR count). The topological polar surface area (TPSA) is 69.0 Å². The number of aryl methyl sites for hydroxylation is 1. The van der Waals surface area contributed by atoms with Crippen molar-refractivity contribution >= 4 is 11.6 Å². The molecule has 17 heavy (non-hydrogen) atoms. The smallest absolute Gasteiger partial charge is 0.198 e. The van der Waals surface area contributed by atoms with Crippen LogP contribution in [0, 0.1) is 0 Å². The predicted octanol–water partition coefficient (Wildman–Crippen LogP) is 2.09. The molecule has 0 aromatic carbocycles. The van der Waals surface area contributed by atoms with Crippen molar-refractivity contribution in [1.29, 1.82) is 0 Å². The molecule has 1 atom stereocenters. The fourth-order valence-corrected chi connectivity index (χ4v) is 2.05. The van der Waals surface area contributed by atoms with Gasteiger partial charge in [0.1, 0.15) is 11.9 Å². The number of halogens is 1. The SMILES string of the molecule is CCCn1ccnc1C(NN)c1ccoc1Cl. The number of hydrogen-bond acceptors (Lipinski definition) is 4. The van der Waals surface area contributed by atoms with Gasteiger partial charge in [0.25, 0.3) is 0 Å². The average Bonchev–Trinajstić information content (AvgIpc) is 2.92. The summed E-state index contributed by atoms with van der Waals surface area (Å²) in [6, 6.07) is 1.53. The predicted molar refractivity (Wildman–Crippen MR) is 65.4 cm³/mol. The number of aromatic nitrogens is 2. The molecule has 0 amide bonds. The van der Waals surface area contributed by atoms with E-state index in [-0.39, 0.29) is 6.04 Å². The first kappa shape index (κ1) is 12.2. The lowest BCUT2D eigenvalue weighted by Crippen LogP contribution is -2.31. The molecule has 2 aromatic heterocycles. The molecule has 0 radical (unpaired) electrons. The molecule has 0 spiro atoms. The van der Waals surface area contributed by atoms with Gasteiger partial charge in [0.15, 0.2) is 5.22 Å². The van der Waals surface area contributed by atoms with Crippen molar-refractivity contribution in [1.82, 2.24) is 15.0 Å². The lowest BCUT2D eigenvalue weighted by atomic mass is 10.1. The first-order valence-electron chi connectivity index (χ1n) is 5.48. The summed E-state index contributed by atoms with van der Waals surface area (Å²) in [6.45, 7) is 3.00. The van der Waals surface area contributed by atoms with E-state index in [1.165, 1.54) is 6.26 Å². The molecule has 92 valence electrons. The van der Waals surface area contributed by atoms with Crippen molar-refractivity contribution in [3.8, 4) is 0 Å². The van der Waals surface area contributed by atoms with Gasteiger partial charge in [0, 0.05) is 24.5 Å². The van der Waals surface area contributed by atoms with Gasteiger partial charge in [-0.1, -0.05) is 6.92 Å². The molecule has 1 unspecified atom stereocenters. The van der Waals surface area contributed by atoms with Gasteiger partial charge < -0.3 is 8.98 Å². The van der Waals surface area contributed by atoms with E-state index >= 15 is 0 Å². The van der Waals surface area contributed by atoms with Gasteiger partial charge in [-0.3, -0.25) is 5.84 Å². The highest BCUT2D eigenvalue weighted by Crippen LogP contribution is 2.27. The van der Waals surface area contributed by atoms with Gasteiger partial charge in [-0.2, -0.15) is 0 Å². The summed E-state index contributed by atoms with van der Waals surface area (Å²) in [5.41, 5.74) is 3.51. The fraction of sp³-hybridized carbons (Fsp3) is 0.364. The number of hydrazine groups is 1. The number of nitrogens with zero attached hydrogens (tertiary/aromatic N) is 2. The van der Waals surface area contributed by atoms with Gasteiger partial charge >= 0.3 is 0 Å². The minimum absolute atomic E-state index is 0.261. The van der Waals surface area contributed by atoms with Crippen LogP contribution in [0.4, 0.5) is 0 Å². The van der Waals surface area contributed by atoms with E-state index in [0.717, 1.165) is 24.4 Å². The van der Waals surface area contributed by atoms with E-state index < -0.39 is 0 Å². The quantitative estimate of drug-likeness (QED) is 0.633. The largest absolute Gasteiger partial charge is 0.453 e. The Hall–Kier alpha value is -1.30. The molecule has 0 aliphatic carbocycles. The molecule has 0 saturated heterocycles. The van der Waals surface area contributed by atoms with E-state index in [0.29, 0.717) is 5.22 Å². The third-order valence-corrected chi connectivity index (χ3v) is 2.90. The molecule has 6 heteroatoms. The highest BCUT2D eigenvalue weighted by molar-refractivity contribution is 6.29. The molecule has 0 bridgehead atoms. The fourth-order valence-electron chi connectivity index (χ4n) is 1.82. The number of rotatable bonds is 5. The van der Waals surface area contributed by atoms with E-state index in [1.807, 2.05) is 10.8 Å². The average molecular weight is 255 g/mol. The Kier molecular flexibility index (Phi) is 3.83. The highest BCUT2D eigenvalue weighted by atomic mass is 35.5. The molecular formula is C11H15ClN4O. The van der Waals surface area contributed by atoms with E-state index in [1.54, 1.807) is 12.3 Å². The first-order valence-corrected chi connectivity index (χ1v) is 5.85. The van der Waals surface area contributed by atoms with Crippen LogP contribution in [0.25, 0.3) is 0 Å². The van der Waals surface area contributed by atoms with Crippen LogP contribution in [0.2, 0.25) is 5.22 Å². The normalized spacial score (nSPS) is 12.9. The lowest BCUT2D eigenvalue weighted by molar-refractivity contribution is 0.528. The monoisotopic (exact) mass is 254 g/mol. The molecule has 0 saturated carbocycles. The summed E-state index contributed by atoms with van der Waals surface area (Å²) >= 11 is 5.96. The Labute approximate surface area is 105 Å². The number of furan rings is 1. The van der Waals surface area contributed by atoms with Crippen LogP contribution in [0.5, 0.6) is 0 Å². The molecular weight excluding hydrogens is 240 g/mol. The van der Waals surface area contributed by atoms with E-state index in [9.17, 15) is 0 Å². The molecule has 0 aliphatic heterocycles. The third kappa shape index (κ3) is 2.36. The van der Waals surface area contributed by atoms with Crippen molar-refractivity contribution < 1.29 is 4.42 Å². The standard InChI is InChI=1S/C11H15ClN4O/c1-2-5-16-6-4-14-11(16)9(15-13)8-3-7-17-10(8)12/h3-4,6-7,9,15H,2,5,13H2,1H3. The van der Waals surface area contributed by atoms with Gasteiger partial charge in [-0.25, -0.2) is 10.4 Å². The second-order valence-corrected chi connectivity index (χ2v) is 4.07. The van der Waals surface area contributed by atoms with Crippen LogP contribution < -0.4 is 11.3 Å². The number of imidazole rings is 1. The summed E-state index contributed by atoms with van der Waals surface area (Å²) in [4.78, 5) is 4.32. The van der Waals surface area contributed by atoms with Gasteiger partial charge in [0.2, 0.25) is 0 Å². The number of hydrogen-bond donors (Lipinski definition) is 2. The zero-order valence-corrected chi connectivity index (χ0v) is 10.3. The lowest BCUT2D eigenvalue weighted by Gasteiger charge is -2.16. The maximum absolute atomic E-state index is 5.96. The zero-order chi connectivity index (χ0) is 12.3. The Bertz CT molecular complexity index is 479. The molecule has 5 nitrogen and oxygen atoms in total.